The summed E-state index contributed by atoms with van der Waals surface area (Å²) in [6, 6.07) is 0. The average Bonchev–Trinajstić information content (AvgIpc) is 2.67. The molecule has 2 nitrogen and oxygen atoms in total. The molecule has 1 aliphatic heterocycles. The van der Waals surface area contributed by atoms with Crippen molar-refractivity contribution < 1.29 is 4.74 Å². The van der Waals surface area contributed by atoms with Gasteiger partial charge in [-0.3, -0.25) is 0 Å². The first-order valence-electron chi connectivity index (χ1n) is 12.6. The maximum absolute atomic E-state index is 5.94. The molecular weight excluding hydrogens is 330 g/mol. The van der Waals surface area contributed by atoms with Crippen molar-refractivity contribution in [3.63, 3.8) is 0 Å². The fraction of sp³-hybridized carbons (Fsp3) is 1.00. The van der Waals surface area contributed by atoms with Crippen LogP contribution in [-0.4, -0.2) is 25.3 Å². The van der Waals surface area contributed by atoms with E-state index in [1.807, 2.05) is 0 Å². The standard InChI is InChI=1S/C25H51NO/c1-3-4-5-6-7-8-9-10-11-12-13-14-15-16-17-18-19-20-21-25(2)24-26-22-23-27-25/h26H,3-24H2,1-2H3. The fourth-order valence-corrected chi connectivity index (χ4v) is 4.33. The topological polar surface area (TPSA) is 21.3 Å². The minimum absolute atomic E-state index is 0.104. The molecular formula is C25H51NO. The molecule has 0 amide bonds. The van der Waals surface area contributed by atoms with E-state index in [0.29, 0.717) is 0 Å². The second kappa shape index (κ2) is 18.0. The van der Waals surface area contributed by atoms with Crippen LogP contribution >= 0.6 is 0 Å². The van der Waals surface area contributed by atoms with Gasteiger partial charge in [0.2, 0.25) is 0 Å². The third-order valence-corrected chi connectivity index (χ3v) is 6.29. The minimum atomic E-state index is 0.104. The van der Waals surface area contributed by atoms with Gasteiger partial charge in [-0.25, -0.2) is 0 Å². The lowest BCUT2D eigenvalue weighted by Gasteiger charge is -2.34. The molecule has 1 fully saturated rings. The zero-order valence-corrected chi connectivity index (χ0v) is 19.0. The molecule has 0 saturated carbocycles. The monoisotopic (exact) mass is 381 g/mol. The lowest BCUT2D eigenvalue weighted by atomic mass is 9.96. The maximum Gasteiger partial charge on any atom is 0.0778 e. The van der Waals surface area contributed by atoms with Gasteiger partial charge >= 0.3 is 0 Å². The van der Waals surface area contributed by atoms with Crippen molar-refractivity contribution in [1.82, 2.24) is 5.32 Å². The predicted octanol–water partition coefficient (Wildman–Crippen LogP) is 7.80. The van der Waals surface area contributed by atoms with E-state index in [0.717, 1.165) is 19.7 Å². The molecule has 0 bridgehead atoms. The molecule has 2 heteroatoms. The number of rotatable bonds is 19. The molecule has 0 radical (unpaired) electrons. The van der Waals surface area contributed by atoms with Crippen LogP contribution in [0.3, 0.4) is 0 Å². The summed E-state index contributed by atoms with van der Waals surface area (Å²) >= 11 is 0. The normalized spacial score (nSPS) is 20.2. The van der Waals surface area contributed by atoms with Crippen LogP contribution in [0.1, 0.15) is 136 Å². The smallest absolute Gasteiger partial charge is 0.0778 e. The van der Waals surface area contributed by atoms with E-state index in [4.69, 9.17) is 4.74 Å². The Balaban J connectivity index is 1.70. The highest BCUT2D eigenvalue weighted by Gasteiger charge is 2.26. The molecule has 27 heavy (non-hydrogen) atoms. The van der Waals surface area contributed by atoms with Crippen LogP contribution in [0, 0.1) is 0 Å². The molecule has 0 aromatic heterocycles. The highest BCUT2D eigenvalue weighted by molar-refractivity contribution is 4.81. The van der Waals surface area contributed by atoms with E-state index < -0.39 is 0 Å². The van der Waals surface area contributed by atoms with Gasteiger partial charge in [-0.15, -0.1) is 0 Å². The summed E-state index contributed by atoms with van der Waals surface area (Å²) in [5.74, 6) is 0. The van der Waals surface area contributed by atoms with Crippen LogP contribution in [0.4, 0.5) is 0 Å². The van der Waals surface area contributed by atoms with E-state index in [2.05, 4.69) is 19.2 Å². The molecule has 1 N–H and O–H groups in total. The molecule has 0 aliphatic carbocycles. The Bertz CT molecular complexity index is 299. The highest BCUT2D eigenvalue weighted by atomic mass is 16.5. The first-order chi connectivity index (χ1) is 13.3. The predicted molar refractivity (Wildman–Crippen MR) is 121 cm³/mol. The van der Waals surface area contributed by atoms with Crippen molar-refractivity contribution in [1.29, 1.82) is 0 Å². The van der Waals surface area contributed by atoms with Crippen molar-refractivity contribution in [2.45, 2.75) is 141 Å². The van der Waals surface area contributed by atoms with Gasteiger partial charge < -0.3 is 10.1 Å². The Morgan fingerprint density at radius 1 is 0.630 bits per heavy atom. The quantitative estimate of drug-likeness (QED) is 0.230. The van der Waals surface area contributed by atoms with Gasteiger partial charge in [0.1, 0.15) is 0 Å². The SMILES string of the molecule is CCCCCCCCCCCCCCCCCCCCC1(C)CNCCO1. The number of hydrogen-bond acceptors (Lipinski definition) is 2. The fourth-order valence-electron chi connectivity index (χ4n) is 4.33. The van der Waals surface area contributed by atoms with Crippen molar-refractivity contribution in [2.24, 2.45) is 0 Å². The molecule has 1 heterocycles. The largest absolute Gasteiger partial charge is 0.373 e. The molecule has 1 atom stereocenters. The van der Waals surface area contributed by atoms with Gasteiger partial charge in [0, 0.05) is 13.1 Å². The minimum Gasteiger partial charge on any atom is -0.373 e. The van der Waals surface area contributed by atoms with Crippen LogP contribution < -0.4 is 5.32 Å². The lowest BCUT2D eigenvalue weighted by Crippen LogP contribution is -2.47. The van der Waals surface area contributed by atoms with Gasteiger partial charge in [-0.05, 0) is 13.3 Å². The summed E-state index contributed by atoms with van der Waals surface area (Å²) in [7, 11) is 0. The first-order valence-corrected chi connectivity index (χ1v) is 12.6. The van der Waals surface area contributed by atoms with E-state index in [1.165, 1.54) is 122 Å². The molecule has 0 aromatic carbocycles. The second-order valence-electron chi connectivity index (χ2n) is 9.24. The van der Waals surface area contributed by atoms with Crippen molar-refractivity contribution >= 4 is 0 Å². The van der Waals surface area contributed by atoms with Gasteiger partial charge in [-0.2, -0.15) is 0 Å². The summed E-state index contributed by atoms with van der Waals surface area (Å²) in [6.07, 6.45) is 27.2. The van der Waals surface area contributed by atoms with E-state index in [1.54, 1.807) is 0 Å². The molecule has 0 spiro atoms. The molecule has 162 valence electrons. The third kappa shape index (κ3) is 15.5. The van der Waals surface area contributed by atoms with E-state index >= 15 is 0 Å². The Morgan fingerprint density at radius 3 is 1.41 bits per heavy atom. The highest BCUT2D eigenvalue weighted by Crippen LogP contribution is 2.21. The molecule has 0 aromatic rings. The van der Waals surface area contributed by atoms with E-state index in [9.17, 15) is 0 Å². The van der Waals surface area contributed by atoms with Crippen LogP contribution in [0.2, 0.25) is 0 Å². The Labute approximate surface area is 171 Å². The van der Waals surface area contributed by atoms with Gasteiger partial charge in [-0.1, -0.05) is 122 Å². The zero-order chi connectivity index (χ0) is 19.5. The van der Waals surface area contributed by atoms with Gasteiger partial charge in [0.15, 0.2) is 0 Å². The van der Waals surface area contributed by atoms with Crippen molar-refractivity contribution in [3.8, 4) is 0 Å². The Morgan fingerprint density at radius 2 is 1.04 bits per heavy atom. The Hall–Kier alpha value is -0.0800. The maximum atomic E-state index is 5.94. The number of nitrogens with one attached hydrogen (secondary N) is 1. The number of unbranched alkanes of at least 4 members (excludes halogenated alkanes) is 17. The summed E-state index contributed by atoms with van der Waals surface area (Å²) in [5.41, 5.74) is 0.104. The zero-order valence-electron chi connectivity index (χ0n) is 19.0. The molecule has 1 aliphatic rings. The molecule has 1 saturated heterocycles. The number of ether oxygens (including phenoxy) is 1. The Kier molecular flexibility index (Phi) is 16.6. The lowest BCUT2D eigenvalue weighted by molar-refractivity contribution is -0.0589. The van der Waals surface area contributed by atoms with Crippen LogP contribution in [0.5, 0.6) is 0 Å². The van der Waals surface area contributed by atoms with Crippen LogP contribution in [0.25, 0.3) is 0 Å². The molecule has 1 unspecified atom stereocenters. The molecule has 1 rings (SSSR count). The van der Waals surface area contributed by atoms with E-state index in [-0.39, 0.29) is 5.60 Å². The van der Waals surface area contributed by atoms with Crippen LogP contribution in [0.15, 0.2) is 0 Å². The van der Waals surface area contributed by atoms with Gasteiger partial charge in [0.25, 0.3) is 0 Å². The summed E-state index contributed by atoms with van der Waals surface area (Å²) in [4.78, 5) is 0. The third-order valence-electron chi connectivity index (χ3n) is 6.29. The second-order valence-corrected chi connectivity index (χ2v) is 9.24. The average molecular weight is 382 g/mol. The summed E-state index contributed by atoms with van der Waals surface area (Å²) in [5, 5.41) is 3.46. The van der Waals surface area contributed by atoms with Gasteiger partial charge in [0.05, 0.1) is 12.2 Å². The van der Waals surface area contributed by atoms with Crippen LogP contribution in [-0.2, 0) is 4.74 Å². The summed E-state index contributed by atoms with van der Waals surface area (Å²) in [6.45, 7) is 7.51. The number of hydrogen-bond donors (Lipinski definition) is 1. The first kappa shape index (κ1) is 25.0. The van der Waals surface area contributed by atoms with Crippen molar-refractivity contribution in [2.75, 3.05) is 19.7 Å². The van der Waals surface area contributed by atoms with Crippen molar-refractivity contribution in [3.05, 3.63) is 0 Å². The number of morpholine rings is 1. The summed E-state index contributed by atoms with van der Waals surface area (Å²) < 4.78 is 5.94.